The van der Waals surface area contributed by atoms with E-state index in [0.717, 1.165) is 33.4 Å². The number of benzene rings is 3. The molecule has 0 spiro atoms. The molecular formula is C25H23NO. The molecule has 0 N–H and O–H groups in total. The first-order valence-corrected chi connectivity index (χ1v) is 9.25. The molecule has 4 aromatic rings. The summed E-state index contributed by atoms with van der Waals surface area (Å²) in [4.78, 5) is 0. The van der Waals surface area contributed by atoms with Gasteiger partial charge >= 0.3 is 0 Å². The maximum atomic E-state index is 5.59. The van der Waals surface area contributed by atoms with Crippen LogP contribution in [-0.2, 0) is 5.41 Å². The van der Waals surface area contributed by atoms with Gasteiger partial charge in [-0.1, -0.05) is 92.7 Å². The first kappa shape index (κ1) is 17.3. The fraction of sp³-hybridized carbons (Fsp3) is 0.160. The summed E-state index contributed by atoms with van der Waals surface area (Å²) >= 11 is 0. The molecule has 3 aromatic carbocycles. The van der Waals surface area contributed by atoms with E-state index in [2.05, 4.69) is 92.7 Å². The van der Waals surface area contributed by atoms with Crippen molar-refractivity contribution in [1.82, 2.24) is 5.16 Å². The number of nitrogens with zero attached hydrogens (tertiary/aromatic N) is 1. The molecule has 0 aliphatic carbocycles. The second kappa shape index (κ2) is 6.88. The highest BCUT2D eigenvalue weighted by atomic mass is 16.5. The Hall–Kier alpha value is -3.13. The highest BCUT2D eigenvalue weighted by molar-refractivity contribution is 5.96. The van der Waals surface area contributed by atoms with Crippen LogP contribution in [0.5, 0.6) is 0 Å². The van der Waals surface area contributed by atoms with Crippen LogP contribution in [0.3, 0.4) is 0 Å². The van der Waals surface area contributed by atoms with Gasteiger partial charge in [0, 0.05) is 5.39 Å². The topological polar surface area (TPSA) is 26.0 Å². The lowest BCUT2D eigenvalue weighted by molar-refractivity contribution is 0.454. The zero-order valence-electron chi connectivity index (χ0n) is 15.9. The summed E-state index contributed by atoms with van der Waals surface area (Å²) in [5, 5.41) is 5.41. The van der Waals surface area contributed by atoms with Gasteiger partial charge in [0.05, 0.1) is 0 Å². The van der Waals surface area contributed by atoms with E-state index in [1.165, 1.54) is 5.56 Å². The van der Waals surface area contributed by atoms with E-state index in [0.29, 0.717) is 0 Å². The molecule has 134 valence electrons. The fourth-order valence-electron chi connectivity index (χ4n) is 3.23. The van der Waals surface area contributed by atoms with Gasteiger partial charge in [-0.05, 0) is 45.9 Å². The van der Waals surface area contributed by atoms with Gasteiger partial charge in [-0.25, -0.2) is 0 Å². The van der Waals surface area contributed by atoms with Crippen molar-refractivity contribution in [2.45, 2.75) is 26.2 Å². The number of hydrogen-bond acceptors (Lipinski definition) is 2. The van der Waals surface area contributed by atoms with E-state index in [-0.39, 0.29) is 5.41 Å². The number of aromatic nitrogens is 1. The van der Waals surface area contributed by atoms with Crippen LogP contribution in [0.2, 0.25) is 0 Å². The average Bonchev–Trinajstić information content (AvgIpc) is 3.09. The Morgan fingerprint density at radius 1 is 0.815 bits per heavy atom. The van der Waals surface area contributed by atoms with Gasteiger partial charge in [-0.3, -0.25) is 0 Å². The first-order chi connectivity index (χ1) is 13.0. The minimum Gasteiger partial charge on any atom is -0.356 e. The summed E-state index contributed by atoms with van der Waals surface area (Å²) in [6.45, 7) is 6.66. The molecule has 2 heteroatoms. The van der Waals surface area contributed by atoms with Crippen LogP contribution in [0.25, 0.3) is 22.6 Å². The van der Waals surface area contributed by atoms with Gasteiger partial charge in [0.2, 0.25) is 0 Å². The molecule has 27 heavy (non-hydrogen) atoms. The predicted octanol–water partition coefficient (Wildman–Crippen LogP) is 6.71. The molecule has 0 saturated carbocycles. The lowest BCUT2D eigenvalue weighted by atomic mass is 9.86. The van der Waals surface area contributed by atoms with E-state index >= 15 is 0 Å². The van der Waals surface area contributed by atoms with Crippen molar-refractivity contribution >= 4 is 22.6 Å². The minimum absolute atomic E-state index is 0.0775. The number of hydrogen-bond donors (Lipinski definition) is 0. The van der Waals surface area contributed by atoms with E-state index < -0.39 is 0 Å². The van der Waals surface area contributed by atoms with Gasteiger partial charge in [0.25, 0.3) is 0 Å². The Kier molecular flexibility index (Phi) is 4.41. The average molecular weight is 353 g/mol. The lowest BCUT2D eigenvalue weighted by Gasteiger charge is -2.18. The summed E-state index contributed by atoms with van der Waals surface area (Å²) in [5.41, 5.74) is 6.47. The first-order valence-electron chi connectivity index (χ1n) is 9.25. The predicted molar refractivity (Wildman–Crippen MR) is 113 cm³/mol. The number of rotatable bonds is 3. The van der Waals surface area contributed by atoms with Crippen LogP contribution in [0.15, 0.2) is 83.4 Å². The van der Waals surface area contributed by atoms with E-state index in [4.69, 9.17) is 4.52 Å². The maximum Gasteiger partial charge on any atom is 0.167 e. The summed E-state index contributed by atoms with van der Waals surface area (Å²) in [6, 6.07) is 27.2. The summed E-state index contributed by atoms with van der Waals surface area (Å²) < 4.78 is 5.59. The molecular weight excluding hydrogens is 330 g/mol. The quantitative estimate of drug-likeness (QED) is 0.409. The van der Waals surface area contributed by atoms with Gasteiger partial charge in [-0.2, -0.15) is 0 Å². The summed E-state index contributed by atoms with van der Waals surface area (Å²) in [5.74, 6) is 0. The van der Waals surface area contributed by atoms with Gasteiger partial charge in [0.15, 0.2) is 5.58 Å². The molecule has 4 rings (SSSR count). The third kappa shape index (κ3) is 3.56. The summed E-state index contributed by atoms with van der Waals surface area (Å²) in [7, 11) is 0. The molecule has 0 radical (unpaired) electrons. The summed E-state index contributed by atoms with van der Waals surface area (Å²) in [6.07, 6.45) is 2.13. The molecule has 0 aliphatic heterocycles. The Morgan fingerprint density at radius 3 is 1.96 bits per heavy atom. The van der Waals surface area contributed by atoms with E-state index in [1.807, 2.05) is 18.2 Å². The van der Waals surface area contributed by atoms with Crippen LogP contribution < -0.4 is 0 Å². The molecule has 1 aromatic heterocycles. The van der Waals surface area contributed by atoms with Gasteiger partial charge in [-0.15, -0.1) is 0 Å². The van der Waals surface area contributed by atoms with Crippen LogP contribution in [0, 0.1) is 0 Å². The number of fused-ring (bicyclic) bond motifs is 1. The Bertz CT molecular complexity index is 1040. The molecule has 0 fully saturated rings. The zero-order valence-corrected chi connectivity index (χ0v) is 15.9. The molecule has 0 atom stereocenters. The van der Waals surface area contributed by atoms with Crippen molar-refractivity contribution in [1.29, 1.82) is 0 Å². The van der Waals surface area contributed by atoms with Gasteiger partial charge < -0.3 is 4.52 Å². The SMILES string of the molecule is CC(C)(C)c1ccc2onc(C=C(c3ccccc3)c3ccccc3)c2c1. The fourth-order valence-corrected chi connectivity index (χ4v) is 3.23. The molecule has 1 heterocycles. The largest absolute Gasteiger partial charge is 0.356 e. The van der Waals surface area contributed by atoms with Crippen LogP contribution in [0.4, 0.5) is 0 Å². The highest BCUT2D eigenvalue weighted by Gasteiger charge is 2.17. The molecule has 0 saturated heterocycles. The standard InChI is InChI=1S/C25H23NO/c1-25(2,3)20-14-15-24-22(16-20)23(26-27-24)17-21(18-10-6-4-7-11-18)19-12-8-5-9-13-19/h4-17H,1-3H3. The van der Waals surface area contributed by atoms with Gasteiger partial charge in [0.1, 0.15) is 5.69 Å². The zero-order chi connectivity index (χ0) is 18.9. The molecule has 0 aliphatic rings. The van der Waals surface area contributed by atoms with Crippen molar-refractivity contribution in [3.63, 3.8) is 0 Å². The van der Waals surface area contributed by atoms with Crippen molar-refractivity contribution in [2.75, 3.05) is 0 Å². The van der Waals surface area contributed by atoms with Crippen molar-refractivity contribution in [3.8, 4) is 0 Å². The smallest absolute Gasteiger partial charge is 0.167 e. The lowest BCUT2D eigenvalue weighted by Crippen LogP contribution is -2.10. The van der Waals surface area contributed by atoms with Crippen LogP contribution in [0.1, 0.15) is 43.2 Å². The Balaban J connectivity index is 1.91. The molecule has 0 amide bonds. The second-order valence-electron chi connectivity index (χ2n) is 7.82. The Labute approximate surface area is 160 Å². The molecule has 0 unspecified atom stereocenters. The normalized spacial score (nSPS) is 11.5. The second-order valence-corrected chi connectivity index (χ2v) is 7.82. The Morgan fingerprint density at radius 2 is 1.41 bits per heavy atom. The molecule has 0 bridgehead atoms. The van der Waals surface area contributed by atoms with Crippen molar-refractivity contribution in [3.05, 3.63) is 101 Å². The van der Waals surface area contributed by atoms with E-state index in [9.17, 15) is 0 Å². The van der Waals surface area contributed by atoms with Crippen molar-refractivity contribution in [2.24, 2.45) is 0 Å². The van der Waals surface area contributed by atoms with Crippen LogP contribution >= 0.6 is 0 Å². The van der Waals surface area contributed by atoms with Crippen LogP contribution in [-0.4, -0.2) is 5.16 Å². The molecule has 2 nitrogen and oxygen atoms in total. The third-order valence-corrected chi connectivity index (χ3v) is 4.81. The highest BCUT2D eigenvalue weighted by Crippen LogP contribution is 2.31. The maximum absolute atomic E-state index is 5.59. The minimum atomic E-state index is 0.0775. The van der Waals surface area contributed by atoms with Crippen molar-refractivity contribution < 1.29 is 4.52 Å². The third-order valence-electron chi connectivity index (χ3n) is 4.81. The van der Waals surface area contributed by atoms with E-state index in [1.54, 1.807) is 0 Å². The monoisotopic (exact) mass is 353 g/mol.